The van der Waals surface area contributed by atoms with Gasteiger partial charge in [0.25, 0.3) is 0 Å². The SMILES string of the molecule is CCC(C)C(NC(=O)C(N)CC(C)C)C(=O)NC(C(=O)NC(CS)C(=O)O)C(C)CC. The molecule has 6 atom stereocenters. The first kappa shape index (κ1) is 29.2. The molecule has 0 aromatic carbocycles. The standard InChI is InChI=1S/C21H40N4O5S/c1-7-12(5)16(19(27)23-15(10-31)21(29)30)25-20(28)17(13(6)8-2)24-18(26)14(22)9-11(3)4/h11-17,31H,7-10,22H2,1-6H3,(H,23,27)(H,24,26)(H,25,28)(H,29,30). The Morgan fingerprint density at radius 3 is 1.61 bits per heavy atom. The lowest BCUT2D eigenvalue weighted by atomic mass is 9.94. The van der Waals surface area contributed by atoms with E-state index in [1.54, 1.807) is 6.92 Å². The van der Waals surface area contributed by atoms with Crippen LogP contribution in [0.2, 0.25) is 0 Å². The smallest absolute Gasteiger partial charge is 0.327 e. The maximum Gasteiger partial charge on any atom is 0.327 e. The summed E-state index contributed by atoms with van der Waals surface area (Å²) in [4.78, 5) is 49.6. The van der Waals surface area contributed by atoms with Crippen molar-refractivity contribution in [3.05, 3.63) is 0 Å². The zero-order valence-corrected chi connectivity index (χ0v) is 20.4. The molecule has 0 spiro atoms. The maximum absolute atomic E-state index is 13.1. The number of nitrogens with one attached hydrogen (secondary N) is 3. The number of aliphatic carboxylic acids is 1. The van der Waals surface area contributed by atoms with Gasteiger partial charge in [-0.1, -0.05) is 54.4 Å². The Bertz CT molecular complexity index is 617. The van der Waals surface area contributed by atoms with Gasteiger partial charge in [0, 0.05) is 5.75 Å². The van der Waals surface area contributed by atoms with Crippen molar-refractivity contribution in [2.24, 2.45) is 23.5 Å². The van der Waals surface area contributed by atoms with Crippen LogP contribution < -0.4 is 21.7 Å². The van der Waals surface area contributed by atoms with Crippen LogP contribution in [0.3, 0.4) is 0 Å². The topological polar surface area (TPSA) is 151 Å². The molecule has 0 radical (unpaired) electrons. The molecule has 0 aliphatic rings. The minimum atomic E-state index is -1.21. The van der Waals surface area contributed by atoms with Gasteiger partial charge in [0.05, 0.1) is 6.04 Å². The van der Waals surface area contributed by atoms with E-state index in [2.05, 4.69) is 28.6 Å². The fourth-order valence-corrected chi connectivity index (χ4v) is 3.22. The Labute approximate surface area is 191 Å². The largest absolute Gasteiger partial charge is 0.480 e. The van der Waals surface area contributed by atoms with E-state index in [1.165, 1.54) is 0 Å². The molecule has 31 heavy (non-hydrogen) atoms. The Morgan fingerprint density at radius 1 is 0.839 bits per heavy atom. The molecule has 6 unspecified atom stereocenters. The second-order valence-electron chi connectivity index (χ2n) is 8.56. The van der Waals surface area contributed by atoms with Crippen molar-refractivity contribution in [1.29, 1.82) is 0 Å². The highest BCUT2D eigenvalue weighted by Gasteiger charge is 2.34. The van der Waals surface area contributed by atoms with E-state index in [1.807, 2.05) is 34.6 Å². The first-order valence-electron chi connectivity index (χ1n) is 10.9. The predicted octanol–water partition coefficient (Wildman–Crippen LogP) is 0.921. The molecule has 0 fully saturated rings. The minimum Gasteiger partial charge on any atom is -0.480 e. The number of carbonyl (C=O) groups excluding carboxylic acids is 3. The van der Waals surface area contributed by atoms with Gasteiger partial charge in [0.1, 0.15) is 18.1 Å². The quantitative estimate of drug-likeness (QED) is 0.212. The van der Waals surface area contributed by atoms with E-state index in [-0.39, 0.29) is 23.5 Å². The normalized spacial score (nSPS) is 17.1. The van der Waals surface area contributed by atoms with Gasteiger partial charge in [-0.3, -0.25) is 14.4 Å². The minimum absolute atomic E-state index is 0.0818. The summed E-state index contributed by atoms with van der Waals surface area (Å²) in [5.41, 5.74) is 5.96. The molecular formula is C21H40N4O5S. The molecule has 10 heteroatoms. The van der Waals surface area contributed by atoms with Crippen molar-refractivity contribution in [1.82, 2.24) is 16.0 Å². The molecule has 0 aromatic rings. The third-order valence-electron chi connectivity index (χ3n) is 5.45. The molecule has 3 amide bonds. The number of amides is 3. The average Bonchev–Trinajstić information content (AvgIpc) is 2.71. The van der Waals surface area contributed by atoms with Crippen LogP contribution in [0.1, 0.15) is 60.8 Å². The summed E-state index contributed by atoms with van der Waals surface area (Å²) in [5, 5.41) is 17.0. The monoisotopic (exact) mass is 460 g/mol. The third kappa shape index (κ3) is 9.90. The van der Waals surface area contributed by atoms with Crippen LogP contribution >= 0.6 is 12.6 Å². The molecule has 0 saturated heterocycles. The molecule has 180 valence electrons. The van der Waals surface area contributed by atoms with Gasteiger partial charge in [-0.15, -0.1) is 0 Å². The number of hydrogen-bond donors (Lipinski definition) is 6. The summed E-state index contributed by atoms with van der Waals surface area (Å²) in [7, 11) is 0. The summed E-state index contributed by atoms with van der Waals surface area (Å²) in [6.07, 6.45) is 1.69. The predicted molar refractivity (Wildman–Crippen MR) is 124 cm³/mol. The zero-order chi connectivity index (χ0) is 24.3. The summed E-state index contributed by atoms with van der Waals surface area (Å²) in [6.45, 7) is 11.3. The molecule has 0 aliphatic carbocycles. The van der Waals surface area contributed by atoms with Crippen molar-refractivity contribution in [3.63, 3.8) is 0 Å². The number of hydrogen-bond acceptors (Lipinski definition) is 6. The number of thiol groups is 1. The second-order valence-corrected chi connectivity index (χ2v) is 8.93. The van der Waals surface area contributed by atoms with Crippen molar-refractivity contribution in [2.75, 3.05) is 5.75 Å². The van der Waals surface area contributed by atoms with Crippen LogP contribution in [0.5, 0.6) is 0 Å². The van der Waals surface area contributed by atoms with E-state index in [0.717, 1.165) is 0 Å². The van der Waals surface area contributed by atoms with Crippen LogP contribution in [0.25, 0.3) is 0 Å². The van der Waals surface area contributed by atoms with Gasteiger partial charge in [-0.05, 0) is 24.2 Å². The molecule has 0 aromatic heterocycles. The summed E-state index contributed by atoms with van der Waals surface area (Å²) in [5.74, 6) is -3.03. The summed E-state index contributed by atoms with van der Waals surface area (Å²) < 4.78 is 0. The highest BCUT2D eigenvalue weighted by molar-refractivity contribution is 7.80. The van der Waals surface area contributed by atoms with E-state index >= 15 is 0 Å². The van der Waals surface area contributed by atoms with Gasteiger partial charge in [0.2, 0.25) is 17.7 Å². The number of carboxylic acids is 1. The zero-order valence-electron chi connectivity index (χ0n) is 19.5. The van der Waals surface area contributed by atoms with Gasteiger partial charge >= 0.3 is 5.97 Å². The molecule has 0 bridgehead atoms. The van der Waals surface area contributed by atoms with Crippen molar-refractivity contribution in [3.8, 4) is 0 Å². The van der Waals surface area contributed by atoms with E-state index in [9.17, 15) is 24.3 Å². The lowest BCUT2D eigenvalue weighted by molar-refractivity contribution is -0.142. The molecule has 6 N–H and O–H groups in total. The number of nitrogens with two attached hydrogens (primary N) is 1. The lowest BCUT2D eigenvalue weighted by Gasteiger charge is -2.30. The van der Waals surface area contributed by atoms with Crippen LogP contribution in [0, 0.1) is 17.8 Å². The molecule has 9 nitrogen and oxygen atoms in total. The van der Waals surface area contributed by atoms with Gasteiger partial charge < -0.3 is 26.8 Å². The van der Waals surface area contributed by atoms with Crippen molar-refractivity contribution in [2.45, 2.75) is 85.0 Å². The van der Waals surface area contributed by atoms with Crippen molar-refractivity contribution < 1.29 is 24.3 Å². The fourth-order valence-electron chi connectivity index (χ4n) is 2.97. The Kier molecular flexibility index (Phi) is 13.5. The Balaban J connectivity index is 5.52. The van der Waals surface area contributed by atoms with Crippen LogP contribution in [-0.4, -0.2) is 58.7 Å². The summed E-state index contributed by atoms with van der Waals surface area (Å²) in [6, 6.07) is -3.72. The highest BCUT2D eigenvalue weighted by Crippen LogP contribution is 2.13. The van der Waals surface area contributed by atoms with Gasteiger partial charge in [-0.2, -0.15) is 12.6 Å². The van der Waals surface area contributed by atoms with Gasteiger partial charge in [0.15, 0.2) is 0 Å². The lowest BCUT2D eigenvalue weighted by Crippen LogP contribution is -2.60. The second kappa shape index (κ2) is 14.3. The van der Waals surface area contributed by atoms with Crippen LogP contribution in [0.15, 0.2) is 0 Å². The molecule has 0 heterocycles. The van der Waals surface area contributed by atoms with Gasteiger partial charge in [-0.25, -0.2) is 4.79 Å². The first-order valence-corrected chi connectivity index (χ1v) is 11.5. The Morgan fingerprint density at radius 2 is 1.26 bits per heavy atom. The van der Waals surface area contributed by atoms with E-state index < -0.39 is 47.9 Å². The van der Waals surface area contributed by atoms with Crippen molar-refractivity contribution >= 4 is 36.3 Å². The maximum atomic E-state index is 13.1. The first-order chi connectivity index (χ1) is 14.4. The number of carbonyl (C=O) groups is 4. The number of rotatable bonds is 14. The molecular weight excluding hydrogens is 420 g/mol. The highest BCUT2D eigenvalue weighted by atomic mass is 32.1. The van der Waals surface area contributed by atoms with E-state index in [0.29, 0.717) is 19.3 Å². The number of carboxylic acid groups (broad SMARTS) is 1. The molecule has 0 rings (SSSR count). The molecule has 0 aliphatic heterocycles. The summed E-state index contributed by atoms with van der Waals surface area (Å²) >= 11 is 3.95. The Hall–Kier alpha value is -1.81. The third-order valence-corrected chi connectivity index (χ3v) is 5.81. The van der Waals surface area contributed by atoms with Crippen LogP contribution in [0.4, 0.5) is 0 Å². The van der Waals surface area contributed by atoms with Crippen LogP contribution in [-0.2, 0) is 19.2 Å². The van der Waals surface area contributed by atoms with E-state index in [4.69, 9.17) is 5.73 Å². The molecule has 0 saturated carbocycles. The average molecular weight is 461 g/mol. The fraction of sp³-hybridized carbons (Fsp3) is 0.810.